The van der Waals surface area contributed by atoms with E-state index in [0.29, 0.717) is 0 Å². The Morgan fingerprint density at radius 2 is 2.17 bits per heavy atom. The van der Waals surface area contributed by atoms with Crippen LogP contribution in [0.15, 0.2) is 24.5 Å². The minimum Gasteiger partial charge on any atom is -0.254 e. The van der Waals surface area contributed by atoms with Crippen molar-refractivity contribution in [3.05, 3.63) is 30.1 Å². The van der Waals surface area contributed by atoms with Crippen LogP contribution in [0, 0.1) is 0 Å². The van der Waals surface area contributed by atoms with Crippen LogP contribution in [-0.2, 0) is 6.42 Å². The summed E-state index contributed by atoms with van der Waals surface area (Å²) in [7, 11) is 0. The molecule has 0 aromatic carbocycles. The molecular formula is C9H9N3. The van der Waals surface area contributed by atoms with Gasteiger partial charge in [-0.1, -0.05) is 6.92 Å². The summed E-state index contributed by atoms with van der Waals surface area (Å²) in [5.41, 5.74) is 3.04. The maximum Gasteiger partial charge on any atom is 0.115 e. The molecule has 0 aliphatic rings. The van der Waals surface area contributed by atoms with E-state index in [1.165, 1.54) is 5.56 Å². The molecule has 0 bridgehead atoms. The van der Waals surface area contributed by atoms with Crippen LogP contribution in [-0.4, -0.2) is 15.2 Å². The SMILES string of the molecule is CCc1ccnc2ccnnc12. The van der Waals surface area contributed by atoms with Crippen LogP contribution in [0.1, 0.15) is 12.5 Å². The Bertz CT molecular complexity index is 392. The highest BCUT2D eigenvalue weighted by atomic mass is 15.1. The molecule has 0 saturated heterocycles. The number of rotatable bonds is 1. The van der Waals surface area contributed by atoms with E-state index in [0.717, 1.165) is 17.5 Å². The van der Waals surface area contributed by atoms with Crippen molar-refractivity contribution in [3.8, 4) is 0 Å². The molecule has 2 aromatic rings. The molecule has 0 radical (unpaired) electrons. The minimum absolute atomic E-state index is 0.919. The highest BCUT2D eigenvalue weighted by Crippen LogP contribution is 2.11. The molecule has 3 nitrogen and oxygen atoms in total. The molecule has 0 aliphatic carbocycles. The van der Waals surface area contributed by atoms with Crippen LogP contribution in [0.4, 0.5) is 0 Å². The van der Waals surface area contributed by atoms with Crippen molar-refractivity contribution >= 4 is 11.0 Å². The summed E-state index contributed by atoms with van der Waals surface area (Å²) >= 11 is 0. The molecule has 0 amide bonds. The normalized spacial score (nSPS) is 10.4. The van der Waals surface area contributed by atoms with Gasteiger partial charge in [-0.05, 0) is 24.1 Å². The van der Waals surface area contributed by atoms with Crippen molar-refractivity contribution in [1.29, 1.82) is 0 Å². The van der Waals surface area contributed by atoms with Crippen LogP contribution >= 0.6 is 0 Å². The van der Waals surface area contributed by atoms with Gasteiger partial charge in [0.25, 0.3) is 0 Å². The van der Waals surface area contributed by atoms with Crippen LogP contribution in [0.2, 0.25) is 0 Å². The van der Waals surface area contributed by atoms with E-state index in [1.807, 2.05) is 18.3 Å². The summed E-state index contributed by atoms with van der Waals surface area (Å²) in [4.78, 5) is 4.19. The average Bonchev–Trinajstić information content (AvgIpc) is 2.17. The van der Waals surface area contributed by atoms with E-state index in [2.05, 4.69) is 22.1 Å². The van der Waals surface area contributed by atoms with E-state index >= 15 is 0 Å². The monoisotopic (exact) mass is 159 g/mol. The van der Waals surface area contributed by atoms with Gasteiger partial charge in [0, 0.05) is 6.20 Å². The van der Waals surface area contributed by atoms with Crippen molar-refractivity contribution < 1.29 is 0 Å². The number of fused-ring (bicyclic) bond motifs is 1. The molecule has 0 N–H and O–H groups in total. The van der Waals surface area contributed by atoms with Gasteiger partial charge in [-0.15, -0.1) is 5.10 Å². The van der Waals surface area contributed by atoms with Crippen LogP contribution in [0.5, 0.6) is 0 Å². The molecule has 0 aliphatic heterocycles. The summed E-state index contributed by atoms with van der Waals surface area (Å²) in [6.07, 6.45) is 4.44. The average molecular weight is 159 g/mol. The summed E-state index contributed by atoms with van der Waals surface area (Å²) in [5.74, 6) is 0. The van der Waals surface area contributed by atoms with Gasteiger partial charge in [-0.3, -0.25) is 4.98 Å². The molecule has 2 heterocycles. The molecule has 0 saturated carbocycles. The molecule has 3 heteroatoms. The molecular weight excluding hydrogens is 150 g/mol. The summed E-state index contributed by atoms with van der Waals surface area (Å²) in [5, 5.41) is 7.87. The van der Waals surface area contributed by atoms with Crippen LogP contribution in [0.3, 0.4) is 0 Å². The molecule has 0 atom stereocenters. The van der Waals surface area contributed by atoms with Crippen molar-refractivity contribution in [3.63, 3.8) is 0 Å². The first kappa shape index (κ1) is 7.16. The van der Waals surface area contributed by atoms with Gasteiger partial charge in [0.2, 0.25) is 0 Å². The van der Waals surface area contributed by atoms with Crippen molar-refractivity contribution in [2.45, 2.75) is 13.3 Å². The maximum atomic E-state index is 4.19. The number of nitrogens with zero attached hydrogens (tertiary/aromatic N) is 3. The Morgan fingerprint density at radius 3 is 3.00 bits per heavy atom. The van der Waals surface area contributed by atoms with Gasteiger partial charge in [-0.25, -0.2) is 0 Å². The zero-order chi connectivity index (χ0) is 8.39. The largest absolute Gasteiger partial charge is 0.254 e. The molecule has 12 heavy (non-hydrogen) atoms. The van der Waals surface area contributed by atoms with Crippen molar-refractivity contribution in [2.75, 3.05) is 0 Å². The topological polar surface area (TPSA) is 38.7 Å². The minimum atomic E-state index is 0.919. The fraction of sp³-hybridized carbons (Fsp3) is 0.222. The highest BCUT2D eigenvalue weighted by molar-refractivity contribution is 5.76. The van der Waals surface area contributed by atoms with Gasteiger partial charge < -0.3 is 0 Å². The van der Waals surface area contributed by atoms with E-state index in [9.17, 15) is 0 Å². The zero-order valence-electron chi connectivity index (χ0n) is 6.86. The first-order valence-corrected chi connectivity index (χ1v) is 3.97. The smallest absolute Gasteiger partial charge is 0.115 e. The lowest BCUT2D eigenvalue weighted by Crippen LogP contribution is -1.90. The summed E-state index contributed by atoms with van der Waals surface area (Å²) in [6.45, 7) is 2.10. The van der Waals surface area contributed by atoms with Crippen LogP contribution in [0.25, 0.3) is 11.0 Å². The van der Waals surface area contributed by atoms with Gasteiger partial charge in [0.05, 0.1) is 11.7 Å². The van der Waals surface area contributed by atoms with Gasteiger partial charge in [0.15, 0.2) is 0 Å². The molecule has 2 rings (SSSR count). The molecule has 2 aromatic heterocycles. The van der Waals surface area contributed by atoms with E-state index in [-0.39, 0.29) is 0 Å². The Morgan fingerprint density at radius 1 is 1.25 bits per heavy atom. The summed E-state index contributed by atoms with van der Waals surface area (Å²) < 4.78 is 0. The molecule has 0 spiro atoms. The second-order valence-corrected chi connectivity index (χ2v) is 2.59. The Hall–Kier alpha value is -1.51. The zero-order valence-corrected chi connectivity index (χ0v) is 6.86. The molecule has 0 fully saturated rings. The molecule has 60 valence electrons. The second kappa shape index (κ2) is 2.85. The first-order valence-electron chi connectivity index (χ1n) is 3.97. The third-order valence-electron chi connectivity index (χ3n) is 1.87. The standard InChI is InChI=1S/C9H9N3/c1-2-7-3-5-10-8-4-6-11-12-9(7)8/h3-6H,2H2,1H3. The lowest BCUT2D eigenvalue weighted by atomic mass is 10.2. The Kier molecular flexibility index (Phi) is 1.70. The van der Waals surface area contributed by atoms with Crippen LogP contribution < -0.4 is 0 Å². The van der Waals surface area contributed by atoms with E-state index in [1.54, 1.807) is 6.20 Å². The fourth-order valence-electron chi connectivity index (χ4n) is 1.23. The lowest BCUT2D eigenvalue weighted by molar-refractivity contribution is 1.04. The van der Waals surface area contributed by atoms with Gasteiger partial charge in [-0.2, -0.15) is 5.10 Å². The predicted octanol–water partition coefficient (Wildman–Crippen LogP) is 1.59. The van der Waals surface area contributed by atoms with E-state index in [4.69, 9.17) is 0 Å². The lowest BCUT2D eigenvalue weighted by Gasteiger charge is -1.99. The molecule has 0 unspecified atom stereocenters. The van der Waals surface area contributed by atoms with Crippen molar-refractivity contribution in [2.24, 2.45) is 0 Å². The number of hydrogen-bond acceptors (Lipinski definition) is 3. The number of hydrogen-bond donors (Lipinski definition) is 0. The Labute approximate surface area is 70.5 Å². The van der Waals surface area contributed by atoms with Gasteiger partial charge in [0.1, 0.15) is 5.52 Å². The second-order valence-electron chi connectivity index (χ2n) is 2.59. The quantitative estimate of drug-likeness (QED) is 0.634. The first-order chi connectivity index (χ1) is 5.92. The van der Waals surface area contributed by atoms with Crippen molar-refractivity contribution in [1.82, 2.24) is 15.2 Å². The highest BCUT2D eigenvalue weighted by Gasteiger charge is 1.99. The number of pyridine rings is 1. The summed E-state index contributed by atoms with van der Waals surface area (Å²) in [6, 6.07) is 3.86. The Balaban J connectivity index is 2.79. The number of aryl methyl sites for hydroxylation is 1. The fourth-order valence-corrected chi connectivity index (χ4v) is 1.23. The van der Waals surface area contributed by atoms with E-state index < -0.39 is 0 Å². The number of aromatic nitrogens is 3. The maximum absolute atomic E-state index is 4.19. The predicted molar refractivity (Wildman–Crippen MR) is 46.7 cm³/mol. The third-order valence-corrected chi connectivity index (χ3v) is 1.87. The third kappa shape index (κ3) is 1.03. The van der Waals surface area contributed by atoms with Gasteiger partial charge >= 0.3 is 0 Å².